The first-order chi connectivity index (χ1) is 10.6. The minimum Gasteiger partial charge on any atom is -0.480 e. The molecule has 2 atom stereocenters. The van der Waals surface area contributed by atoms with Crippen LogP contribution in [0, 0.1) is 11.8 Å². The quantitative estimate of drug-likeness (QED) is 0.862. The van der Waals surface area contributed by atoms with Gasteiger partial charge in [-0.05, 0) is 17.9 Å². The van der Waals surface area contributed by atoms with Crippen LogP contribution in [-0.4, -0.2) is 34.3 Å². The summed E-state index contributed by atoms with van der Waals surface area (Å²) in [5.41, 5.74) is 0.799. The molecule has 0 spiro atoms. The van der Waals surface area contributed by atoms with Crippen LogP contribution >= 0.6 is 11.6 Å². The second-order valence-electron chi connectivity index (χ2n) is 6.65. The Morgan fingerprint density at radius 2 is 2.09 bits per heavy atom. The molecule has 0 bridgehead atoms. The Kier molecular flexibility index (Phi) is 4.57. The summed E-state index contributed by atoms with van der Waals surface area (Å²) in [5, 5.41) is 10.2. The number of allylic oxidation sites excluding steroid dienone is 2. The number of nitrogens with zero attached hydrogens (tertiary/aromatic N) is 1. The van der Waals surface area contributed by atoms with Gasteiger partial charge in [-0.3, -0.25) is 4.79 Å². The number of hydrogen-bond acceptors (Lipinski definition) is 3. The third-order valence-corrected chi connectivity index (χ3v) is 5.56. The number of carboxylic acid groups (broad SMARTS) is 1. The minimum atomic E-state index is -0.798. The van der Waals surface area contributed by atoms with Crippen molar-refractivity contribution in [3.05, 3.63) is 22.9 Å². The van der Waals surface area contributed by atoms with Gasteiger partial charge in [-0.25, -0.2) is 4.79 Å². The van der Waals surface area contributed by atoms with Crippen molar-refractivity contribution in [2.24, 2.45) is 11.8 Å². The number of ketones is 1. The number of carboxylic acids is 1. The number of rotatable bonds is 4. The van der Waals surface area contributed by atoms with Crippen LogP contribution in [0.5, 0.6) is 0 Å². The zero-order chi connectivity index (χ0) is 15.7. The van der Waals surface area contributed by atoms with E-state index >= 15 is 0 Å². The summed E-state index contributed by atoms with van der Waals surface area (Å²) in [6, 6.07) is -0.543. The minimum absolute atomic E-state index is 0.139. The fraction of sp³-hybridized carbons (Fsp3) is 0.647. The molecular formula is C17H22ClNO3. The van der Waals surface area contributed by atoms with Gasteiger partial charge in [0.2, 0.25) is 0 Å². The molecule has 1 unspecified atom stereocenters. The van der Waals surface area contributed by atoms with Crippen LogP contribution in [0.2, 0.25) is 0 Å². The van der Waals surface area contributed by atoms with Gasteiger partial charge < -0.3 is 10.0 Å². The number of carbonyl (C=O) groups is 2. The highest BCUT2D eigenvalue weighted by atomic mass is 35.5. The van der Waals surface area contributed by atoms with Gasteiger partial charge in [0, 0.05) is 24.2 Å². The lowest BCUT2D eigenvalue weighted by Crippen LogP contribution is -2.40. The first-order valence-electron chi connectivity index (χ1n) is 8.15. The standard InChI is InChI=1S/C17H22ClNO3/c18-14-6-7-16(20)13-10-19(9-12(13)14)15(17(21)22)8-11-4-2-1-3-5-11/h6,9,11,13,15H,1-5,7-8,10H2,(H,21,22)/t13?,15-/m0/s1. The maximum absolute atomic E-state index is 12.0. The zero-order valence-electron chi connectivity index (χ0n) is 12.6. The van der Waals surface area contributed by atoms with Crippen LogP contribution in [0.1, 0.15) is 44.9 Å². The smallest absolute Gasteiger partial charge is 0.326 e. The van der Waals surface area contributed by atoms with Crippen molar-refractivity contribution >= 4 is 23.4 Å². The molecule has 0 radical (unpaired) electrons. The average molecular weight is 324 g/mol. The highest BCUT2D eigenvalue weighted by Gasteiger charge is 2.39. The molecule has 1 fully saturated rings. The van der Waals surface area contributed by atoms with Crippen molar-refractivity contribution in [2.75, 3.05) is 6.54 Å². The molecule has 1 aliphatic heterocycles. The molecule has 3 rings (SSSR count). The summed E-state index contributed by atoms with van der Waals surface area (Å²) in [4.78, 5) is 25.6. The molecule has 0 aromatic rings. The van der Waals surface area contributed by atoms with E-state index in [1.165, 1.54) is 19.3 Å². The predicted octanol–water partition coefficient (Wildman–Crippen LogP) is 3.32. The average Bonchev–Trinajstić information content (AvgIpc) is 2.95. The molecule has 120 valence electrons. The molecule has 1 heterocycles. The van der Waals surface area contributed by atoms with Crippen molar-refractivity contribution in [1.29, 1.82) is 0 Å². The monoisotopic (exact) mass is 323 g/mol. The highest BCUT2D eigenvalue weighted by molar-refractivity contribution is 6.33. The van der Waals surface area contributed by atoms with Crippen molar-refractivity contribution < 1.29 is 14.7 Å². The third-order valence-electron chi connectivity index (χ3n) is 5.19. The van der Waals surface area contributed by atoms with E-state index in [4.69, 9.17) is 11.6 Å². The molecule has 1 N–H and O–H groups in total. The summed E-state index contributed by atoms with van der Waals surface area (Å²) in [6.45, 7) is 0.460. The second-order valence-corrected chi connectivity index (χ2v) is 7.06. The van der Waals surface area contributed by atoms with Crippen molar-refractivity contribution in [3.63, 3.8) is 0 Å². The normalized spacial score (nSPS) is 27.2. The van der Waals surface area contributed by atoms with Crippen molar-refractivity contribution in [3.8, 4) is 0 Å². The summed E-state index contributed by atoms with van der Waals surface area (Å²) in [5.74, 6) is -0.420. The fourth-order valence-electron chi connectivity index (χ4n) is 3.92. The Bertz CT molecular complexity index is 534. The van der Waals surface area contributed by atoms with E-state index in [1.807, 2.05) is 11.1 Å². The van der Waals surface area contributed by atoms with Crippen molar-refractivity contribution in [1.82, 2.24) is 4.90 Å². The Hall–Kier alpha value is -1.29. The molecule has 3 aliphatic rings. The summed E-state index contributed by atoms with van der Waals surface area (Å²) in [7, 11) is 0. The Morgan fingerprint density at radius 1 is 1.36 bits per heavy atom. The SMILES string of the molecule is O=C1CC=C(Cl)C2=CN([C@@H](CC3CCCCC3)C(=O)O)CC12. The molecular weight excluding hydrogens is 302 g/mol. The van der Waals surface area contributed by atoms with E-state index in [2.05, 4.69) is 0 Å². The first-order valence-corrected chi connectivity index (χ1v) is 8.53. The van der Waals surface area contributed by atoms with Gasteiger partial charge in [0.05, 0.1) is 5.92 Å². The van der Waals surface area contributed by atoms with E-state index in [1.54, 1.807) is 6.08 Å². The molecule has 0 aromatic carbocycles. The fourth-order valence-corrected chi connectivity index (χ4v) is 4.18. The van der Waals surface area contributed by atoms with Crippen LogP contribution in [0.25, 0.3) is 0 Å². The zero-order valence-corrected chi connectivity index (χ0v) is 13.4. The van der Waals surface area contributed by atoms with Gasteiger partial charge in [-0.1, -0.05) is 49.8 Å². The van der Waals surface area contributed by atoms with Gasteiger partial charge in [-0.15, -0.1) is 0 Å². The molecule has 5 heteroatoms. The van der Waals surface area contributed by atoms with Gasteiger partial charge in [-0.2, -0.15) is 0 Å². The van der Waals surface area contributed by atoms with E-state index in [0.29, 0.717) is 30.3 Å². The lowest BCUT2D eigenvalue weighted by molar-refractivity contribution is -0.143. The number of carbonyl (C=O) groups excluding carboxylic acids is 1. The second kappa shape index (κ2) is 6.45. The Labute approximate surface area is 135 Å². The molecule has 22 heavy (non-hydrogen) atoms. The van der Waals surface area contributed by atoms with Crippen LogP contribution in [-0.2, 0) is 9.59 Å². The van der Waals surface area contributed by atoms with E-state index in [0.717, 1.165) is 18.4 Å². The van der Waals surface area contributed by atoms with Crippen molar-refractivity contribution in [2.45, 2.75) is 51.0 Å². The maximum atomic E-state index is 12.0. The van der Waals surface area contributed by atoms with Crippen LogP contribution in [0.4, 0.5) is 0 Å². The Morgan fingerprint density at radius 3 is 2.73 bits per heavy atom. The van der Waals surface area contributed by atoms with Gasteiger partial charge in [0.15, 0.2) is 0 Å². The van der Waals surface area contributed by atoms with E-state index < -0.39 is 12.0 Å². The lowest BCUT2D eigenvalue weighted by atomic mass is 9.84. The Balaban J connectivity index is 1.74. The maximum Gasteiger partial charge on any atom is 0.326 e. The van der Waals surface area contributed by atoms with E-state index in [-0.39, 0.29) is 11.7 Å². The highest BCUT2D eigenvalue weighted by Crippen LogP contribution is 2.37. The molecule has 2 aliphatic carbocycles. The molecule has 0 aromatic heterocycles. The predicted molar refractivity (Wildman–Crippen MR) is 84.5 cm³/mol. The first kappa shape index (κ1) is 15.6. The number of fused-ring (bicyclic) bond motifs is 1. The molecule has 0 saturated heterocycles. The number of Topliss-reactive ketones (excluding diaryl/α,β-unsaturated/α-hetero) is 1. The molecule has 0 amide bonds. The van der Waals surface area contributed by atoms with Crippen LogP contribution in [0.3, 0.4) is 0 Å². The molecule has 1 saturated carbocycles. The van der Waals surface area contributed by atoms with E-state index in [9.17, 15) is 14.7 Å². The molecule has 4 nitrogen and oxygen atoms in total. The number of halogens is 1. The van der Waals surface area contributed by atoms with Gasteiger partial charge in [0.25, 0.3) is 0 Å². The number of hydrogen-bond donors (Lipinski definition) is 1. The van der Waals surface area contributed by atoms with Crippen LogP contribution < -0.4 is 0 Å². The summed E-state index contributed by atoms with van der Waals surface area (Å²) < 4.78 is 0. The number of aliphatic carboxylic acids is 1. The van der Waals surface area contributed by atoms with Crippen LogP contribution in [0.15, 0.2) is 22.9 Å². The summed E-state index contributed by atoms with van der Waals surface area (Å²) >= 11 is 6.19. The largest absolute Gasteiger partial charge is 0.480 e. The lowest BCUT2D eigenvalue weighted by Gasteiger charge is -2.30. The van der Waals surface area contributed by atoms with Gasteiger partial charge >= 0.3 is 5.97 Å². The van der Waals surface area contributed by atoms with Gasteiger partial charge in [0.1, 0.15) is 11.8 Å². The topological polar surface area (TPSA) is 57.6 Å². The third kappa shape index (κ3) is 3.07. The summed E-state index contributed by atoms with van der Waals surface area (Å²) in [6.07, 6.45) is 10.5.